The predicted octanol–water partition coefficient (Wildman–Crippen LogP) is 3.49. The Morgan fingerprint density at radius 2 is 1.94 bits per heavy atom. The molecule has 0 fully saturated rings. The van der Waals surface area contributed by atoms with E-state index in [1.807, 2.05) is 49.4 Å². The summed E-state index contributed by atoms with van der Waals surface area (Å²) in [5, 5.41) is 0. The zero-order valence-corrected chi connectivity index (χ0v) is 9.63. The van der Waals surface area contributed by atoms with Gasteiger partial charge in [0.15, 0.2) is 0 Å². The van der Waals surface area contributed by atoms with Crippen LogP contribution in [0, 0.1) is 0 Å². The van der Waals surface area contributed by atoms with Crippen LogP contribution >= 0.6 is 0 Å². The number of para-hydroxylation sites is 1. The molecule has 0 saturated carbocycles. The molecular weight excluding hydrogens is 212 g/mol. The number of nitrogen functional groups attached to an aromatic ring is 1. The van der Waals surface area contributed by atoms with Gasteiger partial charge in [-0.3, -0.25) is 0 Å². The van der Waals surface area contributed by atoms with Crippen LogP contribution in [0.25, 0.3) is 6.08 Å². The first-order valence-corrected chi connectivity index (χ1v) is 5.41. The van der Waals surface area contributed by atoms with Crippen LogP contribution in [0.5, 0.6) is 11.6 Å². The Hall–Kier alpha value is -2.29. The molecule has 0 aliphatic carbocycles. The van der Waals surface area contributed by atoms with Gasteiger partial charge in [-0.05, 0) is 19.1 Å². The van der Waals surface area contributed by atoms with Gasteiger partial charge in [0.05, 0.1) is 0 Å². The second-order valence-corrected chi connectivity index (χ2v) is 3.54. The lowest BCUT2D eigenvalue weighted by Crippen LogP contribution is -1.93. The van der Waals surface area contributed by atoms with Gasteiger partial charge < -0.3 is 10.5 Å². The Bertz CT molecular complexity index is 535. The molecule has 1 heterocycles. The van der Waals surface area contributed by atoms with Gasteiger partial charge in [0.2, 0.25) is 5.88 Å². The van der Waals surface area contributed by atoms with Gasteiger partial charge in [-0.1, -0.05) is 36.4 Å². The van der Waals surface area contributed by atoms with E-state index < -0.39 is 0 Å². The SMILES string of the molecule is C/C=C/c1ccccc1Oc1cccc(N)n1. The van der Waals surface area contributed by atoms with Gasteiger partial charge in [-0.15, -0.1) is 0 Å². The van der Waals surface area contributed by atoms with E-state index in [0.717, 1.165) is 11.3 Å². The van der Waals surface area contributed by atoms with Crippen molar-refractivity contribution in [2.75, 3.05) is 5.73 Å². The third-order valence-electron chi connectivity index (χ3n) is 2.22. The number of allylic oxidation sites excluding steroid dienone is 1. The fraction of sp³-hybridized carbons (Fsp3) is 0.0714. The number of rotatable bonds is 3. The molecule has 2 aromatic rings. The Morgan fingerprint density at radius 3 is 2.71 bits per heavy atom. The lowest BCUT2D eigenvalue weighted by molar-refractivity contribution is 0.463. The van der Waals surface area contributed by atoms with E-state index in [9.17, 15) is 0 Å². The number of nitrogens with two attached hydrogens (primary N) is 1. The Balaban J connectivity index is 2.29. The van der Waals surface area contributed by atoms with E-state index in [1.165, 1.54) is 0 Å². The number of anilines is 1. The number of aromatic nitrogens is 1. The second kappa shape index (κ2) is 5.16. The second-order valence-electron chi connectivity index (χ2n) is 3.54. The molecule has 0 spiro atoms. The first-order valence-electron chi connectivity index (χ1n) is 5.41. The summed E-state index contributed by atoms with van der Waals surface area (Å²) >= 11 is 0. The zero-order valence-electron chi connectivity index (χ0n) is 9.63. The molecule has 0 radical (unpaired) electrons. The highest BCUT2D eigenvalue weighted by Gasteiger charge is 2.02. The fourth-order valence-corrected chi connectivity index (χ4v) is 1.49. The molecule has 0 atom stereocenters. The summed E-state index contributed by atoms with van der Waals surface area (Å²) in [6.45, 7) is 1.97. The molecule has 0 amide bonds. The highest BCUT2D eigenvalue weighted by atomic mass is 16.5. The minimum Gasteiger partial charge on any atom is -0.438 e. The van der Waals surface area contributed by atoms with Crippen molar-refractivity contribution in [2.45, 2.75) is 6.92 Å². The molecule has 17 heavy (non-hydrogen) atoms. The van der Waals surface area contributed by atoms with Crippen LogP contribution in [0.4, 0.5) is 5.82 Å². The van der Waals surface area contributed by atoms with Gasteiger partial charge in [-0.25, -0.2) is 0 Å². The van der Waals surface area contributed by atoms with Crippen LogP contribution < -0.4 is 10.5 Å². The molecule has 2 rings (SSSR count). The molecule has 3 heteroatoms. The molecule has 86 valence electrons. The summed E-state index contributed by atoms with van der Waals surface area (Å²) in [4.78, 5) is 4.10. The van der Waals surface area contributed by atoms with Crippen molar-refractivity contribution < 1.29 is 4.74 Å². The van der Waals surface area contributed by atoms with E-state index in [2.05, 4.69) is 4.98 Å². The molecule has 0 saturated heterocycles. The smallest absolute Gasteiger partial charge is 0.221 e. The van der Waals surface area contributed by atoms with E-state index in [4.69, 9.17) is 10.5 Å². The van der Waals surface area contributed by atoms with Crippen molar-refractivity contribution in [1.82, 2.24) is 4.98 Å². The average molecular weight is 226 g/mol. The molecule has 1 aromatic carbocycles. The minimum absolute atomic E-state index is 0.450. The molecule has 2 N–H and O–H groups in total. The van der Waals surface area contributed by atoms with Gasteiger partial charge >= 0.3 is 0 Å². The van der Waals surface area contributed by atoms with E-state index in [-0.39, 0.29) is 0 Å². The number of ether oxygens (including phenoxy) is 1. The number of benzene rings is 1. The zero-order chi connectivity index (χ0) is 12.1. The molecule has 0 aliphatic heterocycles. The minimum atomic E-state index is 0.450. The van der Waals surface area contributed by atoms with Crippen LogP contribution in [0.1, 0.15) is 12.5 Å². The maximum atomic E-state index is 5.70. The highest BCUT2D eigenvalue weighted by molar-refractivity contribution is 5.57. The molecule has 3 nitrogen and oxygen atoms in total. The summed E-state index contributed by atoms with van der Waals surface area (Å²) in [7, 11) is 0. The van der Waals surface area contributed by atoms with Crippen molar-refractivity contribution in [3.63, 3.8) is 0 Å². The largest absolute Gasteiger partial charge is 0.438 e. The summed E-state index contributed by atoms with van der Waals surface area (Å²) in [6, 6.07) is 13.1. The molecule has 0 bridgehead atoms. The van der Waals surface area contributed by atoms with Crippen molar-refractivity contribution >= 4 is 11.9 Å². The first-order chi connectivity index (χ1) is 8.29. The Labute approximate surface area is 101 Å². The van der Waals surface area contributed by atoms with Crippen LogP contribution in [-0.4, -0.2) is 4.98 Å². The predicted molar refractivity (Wildman–Crippen MR) is 69.9 cm³/mol. The van der Waals surface area contributed by atoms with Crippen molar-refractivity contribution in [3.05, 3.63) is 54.1 Å². The molecule has 0 aliphatic rings. The molecule has 0 unspecified atom stereocenters. The summed E-state index contributed by atoms with van der Waals surface area (Å²) in [5.41, 5.74) is 6.62. The van der Waals surface area contributed by atoms with E-state index in [0.29, 0.717) is 11.7 Å². The van der Waals surface area contributed by atoms with Crippen molar-refractivity contribution in [1.29, 1.82) is 0 Å². The standard InChI is InChI=1S/C14H14N2O/c1-2-6-11-7-3-4-8-12(11)17-14-10-5-9-13(15)16-14/h2-10H,1H3,(H2,15,16)/b6-2+. The maximum Gasteiger partial charge on any atom is 0.221 e. The summed E-state index contributed by atoms with van der Waals surface area (Å²) in [5.74, 6) is 1.72. The first kappa shape index (κ1) is 11.2. The molecular formula is C14H14N2O. The van der Waals surface area contributed by atoms with E-state index >= 15 is 0 Å². The van der Waals surface area contributed by atoms with Crippen molar-refractivity contribution in [3.8, 4) is 11.6 Å². The lowest BCUT2D eigenvalue weighted by Gasteiger charge is -2.07. The summed E-state index contributed by atoms with van der Waals surface area (Å²) in [6.07, 6.45) is 3.95. The van der Waals surface area contributed by atoms with E-state index in [1.54, 1.807) is 12.1 Å². The van der Waals surface area contributed by atoms with Crippen LogP contribution in [0.15, 0.2) is 48.5 Å². The molecule has 1 aromatic heterocycles. The topological polar surface area (TPSA) is 48.1 Å². The normalized spacial score (nSPS) is 10.6. The highest BCUT2D eigenvalue weighted by Crippen LogP contribution is 2.25. The maximum absolute atomic E-state index is 5.70. The Kier molecular flexibility index (Phi) is 3.40. The number of pyridine rings is 1. The third-order valence-corrected chi connectivity index (χ3v) is 2.22. The lowest BCUT2D eigenvalue weighted by atomic mass is 10.2. The number of hydrogen-bond donors (Lipinski definition) is 1. The fourth-order valence-electron chi connectivity index (χ4n) is 1.49. The van der Waals surface area contributed by atoms with Gasteiger partial charge in [0.25, 0.3) is 0 Å². The average Bonchev–Trinajstić information content (AvgIpc) is 2.32. The number of nitrogens with zero attached hydrogens (tertiary/aromatic N) is 1. The van der Waals surface area contributed by atoms with Gasteiger partial charge in [0.1, 0.15) is 11.6 Å². The van der Waals surface area contributed by atoms with Crippen LogP contribution in [-0.2, 0) is 0 Å². The van der Waals surface area contributed by atoms with Gasteiger partial charge in [-0.2, -0.15) is 4.98 Å². The van der Waals surface area contributed by atoms with Crippen LogP contribution in [0.2, 0.25) is 0 Å². The summed E-state index contributed by atoms with van der Waals surface area (Å²) < 4.78 is 5.70. The van der Waals surface area contributed by atoms with Crippen molar-refractivity contribution in [2.24, 2.45) is 0 Å². The quantitative estimate of drug-likeness (QED) is 0.871. The Morgan fingerprint density at radius 1 is 1.12 bits per heavy atom. The van der Waals surface area contributed by atoms with Gasteiger partial charge in [0, 0.05) is 11.6 Å². The monoisotopic (exact) mass is 226 g/mol. The number of hydrogen-bond acceptors (Lipinski definition) is 3. The van der Waals surface area contributed by atoms with Crippen LogP contribution in [0.3, 0.4) is 0 Å². The third kappa shape index (κ3) is 2.84.